The van der Waals surface area contributed by atoms with E-state index in [2.05, 4.69) is 37.6 Å². The van der Waals surface area contributed by atoms with Crippen LogP contribution in [0.4, 0.5) is 0 Å². The van der Waals surface area contributed by atoms with Crippen molar-refractivity contribution in [3.63, 3.8) is 0 Å². The first kappa shape index (κ1) is 41.5. The van der Waals surface area contributed by atoms with Crippen molar-refractivity contribution in [2.24, 2.45) is 0 Å². The van der Waals surface area contributed by atoms with Gasteiger partial charge in [-0.2, -0.15) is 0 Å². The Bertz CT molecular complexity index is 558. The fourth-order valence-corrected chi connectivity index (χ4v) is 15.8. The standard InChI is InChI=1S/2C8H17.2C4H9.4CN.2CH3.Ni.2Sn/c2*1-3-5-7-8-6-4-2;2*1-3-4-2;4*1-2;;;;;/h2*1,3-8H2,2H3;2*1,3-4H2,2H3;;;;;2*1H3;;;/q;;;;;;;;;;-2;2*+1. The molecule has 4 nitrogen and oxygen atoms in total. The summed E-state index contributed by atoms with van der Waals surface area (Å²) in [4.78, 5) is 5.23. The van der Waals surface area contributed by atoms with Crippen molar-refractivity contribution >= 4 is 39.5 Å². The summed E-state index contributed by atoms with van der Waals surface area (Å²) in [6, 6.07) is 0. The van der Waals surface area contributed by atoms with Crippen LogP contribution in [0, 0.1) is 41.2 Å². The van der Waals surface area contributed by atoms with Crippen molar-refractivity contribution in [1.82, 2.24) is 0 Å². The molecule has 0 aliphatic heterocycles. The molecule has 0 aromatic heterocycles. The first-order valence-corrected chi connectivity index (χ1v) is 30.5. The quantitative estimate of drug-likeness (QED) is 0.0910. The van der Waals surface area contributed by atoms with Gasteiger partial charge in [0, 0.05) is 0 Å². The van der Waals surface area contributed by atoms with E-state index in [1.54, 1.807) is 30.6 Å². The predicted molar refractivity (Wildman–Crippen MR) is 161 cm³/mol. The van der Waals surface area contributed by atoms with E-state index >= 15 is 0 Å². The molecule has 0 saturated heterocycles. The predicted octanol–water partition coefficient (Wildman–Crippen LogP) is 10.6. The average molecular weight is 771 g/mol. The molecule has 0 bridgehead atoms. The third kappa shape index (κ3) is 32.2. The Balaban J connectivity index is -0.000000481. The number of nitriles is 4. The monoisotopic (exact) mass is 772 g/mol. The van der Waals surface area contributed by atoms with Crippen LogP contribution in [0.2, 0.25) is 27.6 Å². The summed E-state index contributed by atoms with van der Waals surface area (Å²) in [6.45, 7) is 9.23. The molecule has 0 radical (unpaired) electrons. The second-order valence-corrected chi connectivity index (χ2v) is 28.9. The number of nitrogens with zero attached hydrogens (tertiary/aromatic N) is 4. The van der Waals surface area contributed by atoms with Gasteiger partial charge in [0.25, 0.3) is 0 Å². The van der Waals surface area contributed by atoms with Gasteiger partial charge in [-0.1, -0.05) is 0 Å². The van der Waals surface area contributed by atoms with Crippen LogP contribution in [-0.2, 0) is 12.4 Å². The molecule has 0 atom stereocenters. The van der Waals surface area contributed by atoms with Crippen molar-refractivity contribution in [2.45, 2.75) is 158 Å². The molecule has 216 valence electrons. The molecular weight excluding hydrogens is 712 g/mol. The normalized spacial score (nSPS) is 10.2. The second kappa shape index (κ2) is 34.1. The molecular formula is C30H58N4NiSn2. The van der Waals surface area contributed by atoms with E-state index < -0.39 is 51.9 Å². The van der Waals surface area contributed by atoms with Crippen molar-refractivity contribution in [2.75, 3.05) is 0 Å². The molecule has 0 amide bonds. The Hall–Kier alpha value is 0.0509. The summed E-state index contributed by atoms with van der Waals surface area (Å²) < 4.78 is 6.62. The SMILES string of the molecule is CCCCCCC[CH2][Sn+]([CH3])[CH2]CCC.CCCCCCC[CH2][Sn+]([CH3])[CH2]CCC.N#[C][Ni-2]([C]#N)([C]#N)[C]#N. The van der Waals surface area contributed by atoms with Crippen LogP contribution in [0.15, 0.2) is 0 Å². The third-order valence-corrected chi connectivity index (χ3v) is 21.4. The van der Waals surface area contributed by atoms with Gasteiger partial charge in [-0.05, 0) is 0 Å². The first-order chi connectivity index (χ1) is 17.9. The van der Waals surface area contributed by atoms with Gasteiger partial charge in [-0.25, -0.2) is 0 Å². The van der Waals surface area contributed by atoms with Crippen LogP contribution in [0.5, 0.6) is 0 Å². The zero-order chi connectivity index (χ0) is 28.6. The fourth-order valence-electron chi connectivity index (χ4n) is 3.72. The van der Waals surface area contributed by atoms with E-state index in [9.17, 15) is 0 Å². The van der Waals surface area contributed by atoms with Gasteiger partial charge >= 0.3 is 251 Å². The molecule has 0 rings (SSSR count). The molecule has 0 aliphatic carbocycles. The van der Waals surface area contributed by atoms with Gasteiger partial charge in [0.05, 0.1) is 0 Å². The van der Waals surface area contributed by atoms with Crippen molar-refractivity contribution < 1.29 is 12.4 Å². The van der Waals surface area contributed by atoms with Gasteiger partial charge in [0.2, 0.25) is 0 Å². The van der Waals surface area contributed by atoms with Gasteiger partial charge in [0.1, 0.15) is 0 Å². The summed E-state index contributed by atoms with van der Waals surface area (Å²) >= 11 is -4.63. The van der Waals surface area contributed by atoms with Crippen LogP contribution in [-0.4, -0.2) is 39.5 Å². The molecule has 0 heterocycles. The molecule has 0 aromatic rings. The molecule has 0 N–H and O–H groups in total. The maximum atomic E-state index is 8.10. The molecule has 0 unspecified atom stereocenters. The molecule has 0 saturated carbocycles. The Morgan fingerprint density at radius 2 is 0.649 bits per heavy atom. The maximum absolute atomic E-state index is 8.10. The summed E-state index contributed by atoms with van der Waals surface area (Å²) in [5, 5.41) is 37.9. The summed E-state index contributed by atoms with van der Waals surface area (Å²) in [6.07, 6.45) is 23.6. The van der Waals surface area contributed by atoms with Gasteiger partial charge in [-0.3, -0.25) is 0 Å². The molecule has 0 aliphatic rings. The van der Waals surface area contributed by atoms with Crippen LogP contribution in [0.1, 0.15) is 130 Å². The summed E-state index contributed by atoms with van der Waals surface area (Å²) in [7, 11) is 0. The summed E-state index contributed by atoms with van der Waals surface area (Å²) in [5.74, 6) is 0. The fraction of sp³-hybridized carbons (Fsp3) is 0.867. The zero-order valence-electron chi connectivity index (χ0n) is 25.2. The van der Waals surface area contributed by atoms with E-state index in [0.29, 0.717) is 0 Å². The Morgan fingerprint density at radius 1 is 0.405 bits per heavy atom. The molecule has 7 heteroatoms. The molecule has 0 fully saturated rings. The van der Waals surface area contributed by atoms with E-state index in [-0.39, 0.29) is 0 Å². The Kier molecular flexibility index (Phi) is 38.3. The van der Waals surface area contributed by atoms with Gasteiger partial charge < -0.3 is 0 Å². The first-order valence-electron chi connectivity index (χ1n) is 14.8. The Labute approximate surface area is 249 Å². The van der Waals surface area contributed by atoms with E-state index in [0.717, 1.165) is 0 Å². The third-order valence-electron chi connectivity index (χ3n) is 6.25. The Morgan fingerprint density at radius 3 is 0.892 bits per heavy atom. The van der Waals surface area contributed by atoms with Crippen LogP contribution < -0.4 is 0 Å². The minimum atomic E-state index is -3.03. The van der Waals surface area contributed by atoms with E-state index in [1.807, 2.05) is 0 Å². The second-order valence-electron chi connectivity index (χ2n) is 9.91. The number of rotatable bonds is 20. The van der Waals surface area contributed by atoms with Gasteiger partial charge in [-0.15, -0.1) is 0 Å². The van der Waals surface area contributed by atoms with Crippen LogP contribution in [0.3, 0.4) is 0 Å². The van der Waals surface area contributed by atoms with Crippen molar-refractivity contribution in [1.29, 1.82) is 21.0 Å². The minimum absolute atomic E-state index is 0.799. The number of hydrogen-bond donors (Lipinski definition) is 0. The van der Waals surface area contributed by atoms with Gasteiger partial charge in [0.15, 0.2) is 0 Å². The zero-order valence-corrected chi connectivity index (χ0v) is 31.9. The van der Waals surface area contributed by atoms with Crippen molar-refractivity contribution in [3.05, 3.63) is 0 Å². The van der Waals surface area contributed by atoms with Crippen LogP contribution >= 0.6 is 0 Å². The number of unbranched alkanes of at least 4 members (excludes halogenated alkanes) is 12. The number of hydrogen-bond acceptors (Lipinski definition) is 4. The molecule has 37 heavy (non-hydrogen) atoms. The van der Waals surface area contributed by atoms with Crippen molar-refractivity contribution in [3.8, 4) is 20.2 Å². The van der Waals surface area contributed by atoms with E-state index in [1.165, 1.54) is 110 Å². The van der Waals surface area contributed by atoms with E-state index in [4.69, 9.17) is 21.0 Å². The van der Waals surface area contributed by atoms with Crippen LogP contribution in [0.25, 0.3) is 0 Å². The molecule has 0 aromatic carbocycles. The molecule has 0 spiro atoms. The summed E-state index contributed by atoms with van der Waals surface area (Å²) in [5.41, 5.74) is 0. The average Bonchev–Trinajstić information content (AvgIpc) is 2.92. The topological polar surface area (TPSA) is 95.2 Å².